The number of hydrogen-bond acceptors (Lipinski definition) is 4. The zero-order valence-corrected chi connectivity index (χ0v) is 15.2. The summed E-state index contributed by atoms with van der Waals surface area (Å²) < 4.78 is 12.4. The van der Waals surface area contributed by atoms with Crippen molar-refractivity contribution in [1.29, 1.82) is 0 Å². The fraction of sp³-hybridized carbons (Fsp3) is 0.444. The predicted octanol–water partition coefficient (Wildman–Crippen LogP) is 2.81. The quantitative estimate of drug-likeness (QED) is 0.817. The summed E-state index contributed by atoms with van der Waals surface area (Å²) in [5, 5.41) is 4.51. The number of nitrogens with zero attached hydrogens (tertiary/aromatic N) is 3. The van der Waals surface area contributed by atoms with Crippen molar-refractivity contribution in [3.8, 4) is 11.5 Å². The Morgan fingerprint density at radius 1 is 1.21 bits per heavy atom. The van der Waals surface area contributed by atoms with E-state index in [1.54, 1.807) is 44.4 Å². The molecule has 2 aromatic rings. The lowest BCUT2D eigenvalue weighted by Crippen LogP contribution is -2.26. The average molecular weight is 331 g/mol. The minimum Gasteiger partial charge on any atom is -0.493 e. The summed E-state index contributed by atoms with van der Waals surface area (Å²) in [6.07, 6.45) is 0. The van der Waals surface area contributed by atoms with Crippen molar-refractivity contribution in [1.82, 2.24) is 14.7 Å². The molecule has 0 bridgehead atoms. The fourth-order valence-corrected chi connectivity index (χ4v) is 2.77. The fourth-order valence-electron chi connectivity index (χ4n) is 2.77. The molecule has 0 N–H and O–H groups in total. The van der Waals surface area contributed by atoms with Crippen molar-refractivity contribution in [3.63, 3.8) is 0 Å². The average Bonchev–Trinajstić information content (AvgIpc) is 2.87. The zero-order valence-electron chi connectivity index (χ0n) is 15.2. The highest BCUT2D eigenvalue weighted by atomic mass is 16.5. The lowest BCUT2D eigenvalue weighted by atomic mass is 10.1. The number of rotatable bonds is 6. The molecular formula is C18H25N3O3. The Bertz CT molecular complexity index is 737. The van der Waals surface area contributed by atoms with Crippen LogP contribution in [0.1, 0.15) is 34.2 Å². The van der Waals surface area contributed by atoms with Gasteiger partial charge in [-0.3, -0.25) is 9.48 Å². The summed E-state index contributed by atoms with van der Waals surface area (Å²) in [4.78, 5) is 14.4. The summed E-state index contributed by atoms with van der Waals surface area (Å²) in [6.45, 7) is 7.41. The number of methoxy groups -OCH3 is 2. The van der Waals surface area contributed by atoms with Gasteiger partial charge in [-0.15, -0.1) is 0 Å². The maximum absolute atomic E-state index is 12.7. The van der Waals surface area contributed by atoms with Crippen LogP contribution in [0, 0.1) is 13.8 Å². The van der Waals surface area contributed by atoms with Crippen molar-refractivity contribution in [2.75, 3.05) is 21.3 Å². The van der Waals surface area contributed by atoms with Crippen LogP contribution >= 0.6 is 0 Å². The van der Waals surface area contributed by atoms with Gasteiger partial charge < -0.3 is 14.4 Å². The molecule has 6 heteroatoms. The number of carbonyl (C=O) groups excluding carboxylic acids is 1. The van der Waals surface area contributed by atoms with Gasteiger partial charge in [-0.05, 0) is 39.0 Å². The summed E-state index contributed by atoms with van der Waals surface area (Å²) in [5.41, 5.74) is 3.71. The second-order valence-corrected chi connectivity index (χ2v) is 5.70. The third kappa shape index (κ3) is 3.37. The number of aryl methyl sites for hydroxylation is 2. The van der Waals surface area contributed by atoms with E-state index in [1.165, 1.54) is 0 Å². The first-order valence-electron chi connectivity index (χ1n) is 7.93. The molecule has 6 nitrogen and oxygen atoms in total. The molecule has 1 aromatic carbocycles. The molecule has 0 saturated heterocycles. The summed E-state index contributed by atoms with van der Waals surface area (Å²) >= 11 is 0. The van der Waals surface area contributed by atoms with E-state index in [4.69, 9.17) is 9.47 Å². The van der Waals surface area contributed by atoms with Gasteiger partial charge in [-0.1, -0.05) is 0 Å². The zero-order chi connectivity index (χ0) is 17.9. The molecule has 1 amide bonds. The molecule has 0 atom stereocenters. The summed E-state index contributed by atoms with van der Waals surface area (Å²) in [7, 11) is 4.92. The Hall–Kier alpha value is -2.50. The first-order valence-corrected chi connectivity index (χ1v) is 7.93. The van der Waals surface area contributed by atoms with Crippen molar-refractivity contribution in [3.05, 3.63) is 40.7 Å². The third-order valence-electron chi connectivity index (χ3n) is 4.20. The largest absolute Gasteiger partial charge is 0.493 e. The van der Waals surface area contributed by atoms with Crippen LogP contribution in [-0.2, 0) is 13.1 Å². The van der Waals surface area contributed by atoms with E-state index in [2.05, 4.69) is 12.0 Å². The topological polar surface area (TPSA) is 56.6 Å². The van der Waals surface area contributed by atoms with Crippen molar-refractivity contribution >= 4 is 5.91 Å². The monoisotopic (exact) mass is 331 g/mol. The van der Waals surface area contributed by atoms with Crippen molar-refractivity contribution < 1.29 is 14.3 Å². The Morgan fingerprint density at radius 3 is 2.42 bits per heavy atom. The van der Waals surface area contributed by atoms with E-state index in [0.29, 0.717) is 23.6 Å². The normalized spacial score (nSPS) is 10.6. The highest BCUT2D eigenvalue weighted by molar-refractivity contribution is 5.94. The van der Waals surface area contributed by atoms with E-state index in [1.807, 2.05) is 18.5 Å². The molecule has 130 valence electrons. The first-order chi connectivity index (χ1) is 11.4. The van der Waals surface area contributed by atoms with Crippen LogP contribution in [0.5, 0.6) is 11.5 Å². The Labute approximate surface area is 143 Å². The van der Waals surface area contributed by atoms with E-state index in [9.17, 15) is 4.79 Å². The predicted molar refractivity (Wildman–Crippen MR) is 92.7 cm³/mol. The maximum atomic E-state index is 12.7. The Morgan fingerprint density at radius 2 is 1.88 bits per heavy atom. The lowest BCUT2D eigenvalue weighted by Gasteiger charge is -2.18. The Kier molecular flexibility index (Phi) is 5.49. The van der Waals surface area contributed by atoms with E-state index in [0.717, 1.165) is 23.5 Å². The molecule has 0 radical (unpaired) electrons. The van der Waals surface area contributed by atoms with Crippen LogP contribution in [0.3, 0.4) is 0 Å². The standard InChI is InChI=1S/C18H25N3O3/c1-7-21-13(3)15(12(2)19-21)11-20(4)18(22)14-8-9-16(23-5)17(10-14)24-6/h8-10H,7,11H2,1-6H3. The minimum atomic E-state index is -0.0704. The molecule has 0 aliphatic heterocycles. The van der Waals surface area contributed by atoms with Crippen LogP contribution in [-0.4, -0.2) is 41.9 Å². The second-order valence-electron chi connectivity index (χ2n) is 5.70. The van der Waals surface area contributed by atoms with Crippen LogP contribution in [0.4, 0.5) is 0 Å². The van der Waals surface area contributed by atoms with Gasteiger partial charge in [0.2, 0.25) is 0 Å². The molecule has 0 aliphatic carbocycles. The summed E-state index contributed by atoms with van der Waals surface area (Å²) in [5.74, 6) is 1.08. The molecule has 1 aromatic heterocycles. The van der Waals surface area contributed by atoms with Crippen LogP contribution < -0.4 is 9.47 Å². The molecule has 0 unspecified atom stereocenters. The maximum Gasteiger partial charge on any atom is 0.254 e. The van der Waals surface area contributed by atoms with Gasteiger partial charge in [0.1, 0.15) is 0 Å². The molecular weight excluding hydrogens is 306 g/mol. The summed E-state index contributed by atoms with van der Waals surface area (Å²) in [6, 6.07) is 5.19. The highest BCUT2D eigenvalue weighted by Crippen LogP contribution is 2.28. The van der Waals surface area contributed by atoms with Gasteiger partial charge in [0, 0.05) is 37.0 Å². The Balaban J connectivity index is 2.23. The van der Waals surface area contributed by atoms with Crippen LogP contribution in [0.15, 0.2) is 18.2 Å². The number of carbonyl (C=O) groups is 1. The van der Waals surface area contributed by atoms with Crippen molar-refractivity contribution in [2.45, 2.75) is 33.9 Å². The second kappa shape index (κ2) is 7.38. The van der Waals surface area contributed by atoms with E-state index in [-0.39, 0.29) is 5.91 Å². The van der Waals surface area contributed by atoms with E-state index < -0.39 is 0 Å². The third-order valence-corrected chi connectivity index (χ3v) is 4.20. The van der Waals surface area contributed by atoms with Crippen molar-refractivity contribution in [2.24, 2.45) is 0 Å². The first kappa shape index (κ1) is 17.8. The van der Waals surface area contributed by atoms with Gasteiger partial charge in [0.05, 0.1) is 19.9 Å². The smallest absolute Gasteiger partial charge is 0.254 e. The van der Waals surface area contributed by atoms with Gasteiger partial charge in [0.25, 0.3) is 5.91 Å². The van der Waals surface area contributed by atoms with Gasteiger partial charge in [0.15, 0.2) is 11.5 Å². The van der Waals surface area contributed by atoms with Crippen LogP contribution in [0.2, 0.25) is 0 Å². The number of aromatic nitrogens is 2. The molecule has 2 rings (SSSR count). The SMILES string of the molecule is CCn1nc(C)c(CN(C)C(=O)c2ccc(OC)c(OC)c2)c1C. The van der Waals surface area contributed by atoms with E-state index >= 15 is 0 Å². The van der Waals surface area contributed by atoms with Gasteiger partial charge in [-0.2, -0.15) is 5.10 Å². The molecule has 1 heterocycles. The number of ether oxygens (including phenoxy) is 2. The number of amides is 1. The van der Waals surface area contributed by atoms with Gasteiger partial charge >= 0.3 is 0 Å². The highest BCUT2D eigenvalue weighted by Gasteiger charge is 2.18. The molecule has 0 aliphatic rings. The molecule has 0 fully saturated rings. The molecule has 0 saturated carbocycles. The van der Waals surface area contributed by atoms with Gasteiger partial charge in [-0.25, -0.2) is 0 Å². The molecule has 24 heavy (non-hydrogen) atoms. The molecule has 0 spiro atoms. The van der Waals surface area contributed by atoms with Crippen LogP contribution in [0.25, 0.3) is 0 Å². The number of benzene rings is 1. The number of hydrogen-bond donors (Lipinski definition) is 0. The minimum absolute atomic E-state index is 0.0704. The lowest BCUT2D eigenvalue weighted by molar-refractivity contribution is 0.0784.